The standard InChI is InChI=1S/C16H22N2O3/c1-11-2-3-12(8-11)17-10-16(19)18-13-4-5-14-15(9-13)21-7-6-20-14/h4-5,9,11-12,17H,2-3,6-8,10H2,1H3,(H,18,19). The fourth-order valence-electron chi connectivity index (χ4n) is 2.96. The molecule has 5 nitrogen and oxygen atoms in total. The van der Waals surface area contributed by atoms with Gasteiger partial charge in [-0.1, -0.05) is 6.92 Å². The summed E-state index contributed by atoms with van der Waals surface area (Å²) in [6, 6.07) is 5.95. The average Bonchev–Trinajstić information content (AvgIpc) is 2.91. The summed E-state index contributed by atoms with van der Waals surface area (Å²) in [5, 5.41) is 6.22. The van der Waals surface area contributed by atoms with Crippen molar-refractivity contribution in [3.63, 3.8) is 0 Å². The van der Waals surface area contributed by atoms with Crippen molar-refractivity contribution in [2.45, 2.75) is 32.2 Å². The minimum Gasteiger partial charge on any atom is -0.486 e. The molecule has 3 rings (SSSR count). The lowest BCUT2D eigenvalue weighted by atomic mass is 10.1. The number of nitrogens with one attached hydrogen (secondary N) is 2. The number of ether oxygens (including phenoxy) is 2. The smallest absolute Gasteiger partial charge is 0.238 e. The lowest BCUT2D eigenvalue weighted by Gasteiger charge is -2.19. The van der Waals surface area contributed by atoms with E-state index in [1.165, 1.54) is 12.8 Å². The zero-order valence-corrected chi connectivity index (χ0v) is 12.4. The largest absolute Gasteiger partial charge is 0.486 e. The molecule has 1 aromatic carbocycles. The first kappa shape index (κ1) is 14.2. The van der Waals surface area contributed by atoms with E-state index in [0.29, 0.717) is 31.5 Å². The fraction of sp³-hybridized carbons (Fsp3) is 0.562. The van der Waals surface area contributed by atoms with Gasteiger partial charge in [0, 0.05) is 17.8 Å². The highest BCUT2D eigenvalue weighted by molar-refractivity contribution is 5.92. The molecule has 0 radical (unpaired) electrons. The summed E-state index contributed by atoms with van der Waals surface area (Å²) in [6.07, 6.45) is 3.58. The Morgan fingerprint density at radius 2 is 2.05 bits per heavy atom. The van der Waals surface area contributed by atoms with Crippen LogP contribution in [-0.2, 0) is 4.79 Å². The highest BCUT2D eigenvalue weighted by Crippen LogP contribution is 2.32. The molecule has 5 heteroatoms. The van der Waals surface area contributed by atoms with Crippen molar-refractivity contribution in [1.82, 2.24) is 5.32 Å². The Kier molecular flexibility index (Phi) is 4.29. The summed E-state index contributed by atoms with van der Waals surface area (Å²) in [5.74, 6) is 2.17. The van der Waals surface area contributed by atoms with Crippen LogP contribution in [0.15, 0.2) is 18.2 Å². The number of amides is 1. The number of hydrogen-bond donors (Lipinski definition) is 2. The van der Waals surface area contributed by atoms with Gasteiger partial charge in [-0.2, -0.15) is 0 Å². The highest BCUT2D eigenvalue weighted by Gasteiger charge is 2.21. The summed E-state index contributed by atoms with van der Waals surface area (Å²) >= 11 is 0. The summed E-state index contributed by atoms with van der Waals surface area (Å²) in [6.45, 7) is 3.73. The summed E-state index contributed by atoms with van der Waals surface area (Å²) in [7, 11) is 0. The van der Waals surface area contributed by atoms with E-state index in [9.17, 15) is 4.79 Å². The molecule has 1 amide bonds. The molecule has 0 aromatic heterocycles. The van der Waals surface area contributed by atoms with E-state index in [2.05, 4.69) is 17.6 Å². The number of fused-ring (bicyclic) bond motifs is 1. The van der Waals surface area contributed by atoms with Gasteiger partial charge in [-0.05, 0) is 37.3 Å². The number of anilines is 1. The monoisotopic (exact) mass is 290 g/mol. The Morgan fingerprint density at radius 1 is 1.24 bits per heavy atom. The Morgan fingerprint density at radius 3 is 2.81 bits per heavy atom. The van der Waals surface area contributed by atoms with Gasteiger partial charge in [0.2, 0.25) is 5.91 Å². The van der Waals surface area contributed by atoms with Gasteiger partial charge in [0.05, 0.1) is 6.54 Å². The Labute approximate surface area is 125 Å². The average molecular weight is 290 g/mol. The van der Waals surface area contributed by atoms with Crippen LogP contribution in [0.2, 0.25) is 0 Å². The minimum absolute atomic E-state index is 0.0220. The molecule has 1 aromatic rings. The number of benzene rings is 1. The minimum atomic E-state index is -0.0220. The first-order valence-corrected chi connectivity index (χ1v) is 7.63. The van der Waals surface area contributed by atoms with E-state index < -0.39 is 0 Å². The third kappa shape index (κ3) is 3.67. The van der Waals surface area contributed by atoms with Gasteiger partial charge in [-0.3, -0.25) is 4.79 Å². The molecule has 1 fully saturated rings. The normalized spacial score (nSPS) is 23.9. The van der Waals surface area contributed by atoms with E-state index >= 15 is 0 Å². The predicted molar refractivity (Wildman–Crippen MR) is 80.9 cm³/mol. The molecule has 21 heavy (non-hydrogen) atoms. The second-order valence-corrected chi connectivity index (χ2v) is 5.90. The molecular weight excluding hydrogens is 268 g/mol. The summed E-state index contributed by atoms with van der Waals surface area (Å²) in [5.41, 5.74) is 0.742. The molecule has 1 aliphatic heterocycles. The van der Waals surface area contributed by atoms with Crippen LogP contribution in [0.25, 0.3) is 0 Å². The molecule has 1 heterocycles. The Balaban J connectivity index is 1.50. The van der Waals surface area contributed by atoms with Gasteiger partial charge in [-0.25, -0.2) is 0 Å². The maximum atomic E-state index is 12.0. The molecule has 2 atom stereocenters. The van der Waals surface area contributed by atoms with Crippen molar-refractivity contribution >= 4 is 11.6 Å². The molecule has 2 unspecified atom stereocenters. The van der Waals surface area contributed by atoms with Gasteiger partial charge >= 0.3 is 0 Å². The molecular formula is C16H22N2O3. The number of rotatable bonds is 4. The van der Waals surface area contributed by atoms with Crippen LogP contribution in [0.4, 0.5) is 5.69 Å². The van der Waals surface area contributed by atoms with Crippen molar-refractivity contribution in [1.29, 1.82) is 0 Å². The highest BCUT2D eigenvalue weighted by atomic mass is 16.6. The SMILES string of the molecule is CC1CCC(NCC(=O)Nc2ccc3c(c2)OCCO3)C1. The van der Waals surface area contributed by atoms with Crippen LogP contribution in [0.1, 0.15) is 26.2 Å². The van der Waals surface area contributed by atoms with Gasteiger partial charge < -0.3 is 20.1 Å². The van der Waals surface area contributed by atoms with Crippen LogP contribution in [0.3, 0.4) is 0 Å². The van der Waals surface area contributed by atoms with Crippen molar-refractivity contribution in [2.24, 2.45) is 5.92 Å². The maximum Gasteiger partial charge on any atom is 0.238 e. The second-order valence-electron chi connectivity index (χ2n) is 5.90. The van der Waals surface area contributed by atoms with Crippen LogP contribution < -0.4 is 20.1 Å². The topological polar surface area (TPSA) is 59.6 Å². The summed E-state index contributed by atoms with van der Waals surface area (Å²) < 4.78 is 11.0. The van der Waals surface area contributed by atoms with Gasteiger partial charge in [-0.15, -0.1) is 0 Å². The molecule has 0 spiro atoms. The fourth-order valence-corrected chi connectivity index (χ4v) is 2.96. The zero-order valence-electron chi connectivity index (χ0n) is 12.4. The van der Waals surface area contributed by atoms with E-state index in [-0.39, 0.29) is 5.91 Å². The molecule has 1 aliphatic carbocycles. The van der Waals surface area contributed by atoms with Crippen LogP contribution in [0.5, 0.6) is 11.5 Å². The molecule has 1 saturated carbocycles. The predicted octanol–water partition coefficient (Wildman–Crippen LogP) is 2.17. The van der Waals surface area contributed by atoms with Crippen molar-refractivity contribution < 1.29 is 14.3 Å². The lowest BCUT2D eigenvalue weighted by molar-refractivity contribution is -0.115. The van der Waals surface area contributed by atoms with Crippen LogP contribution in [-0.4, -0.2) is 31.7 Å². The number of carbonyl (C=O) groups excluding carboxylic acids is 1. The quantitative estimate of drug-likeness (QED) is 0.892. The third-order valence-corrected chi connectivity index (χ3v) is 4.07. The van der Waals surface area contributed by atoms with Crippen molar-refractivity contribution in [3.8, 4) is 11.5 Å². The van der Waals surface area contributed by atoms with Gasteiger partial charge in [0.15, 0.2) is 11.5 Å². The van der Waals surface area contributed by atoms with Crippen LogP contribution in [0, 0.1) is 5.92 Å². The van der Waals surface area contributed by atoms with E-state index in [1.807, 2.05) is 18.2 Å². The molecule has 2 aliphatic rings. The Hall–Kier alpha value is -1.75. The first-order chi connectivity index (χ1) is 10.2. The second kappa shape index (κ2) is 6.35. The Bertz CT molecular complexity index is 518. The van der Waals surface area contributed by atoms with E-state index in [0.717, 1.165) is 23.8 Å². The molecule has 0 bridgehead atoms. The van der Waals surface area contributed by atoms with Crippen LogP contribution >= 0.6 is 0 Å². The zero-order chi connectivity index (χ0) is 14.7. The summed E-state index contributed by atoms with van der Waals surface area (Å²) in [4.78, 5) is 12.0. The molecule has 0 saturated heterocycles. The lowest BCUT2D eigenvalue weighted by Crippen LogP contribution is -2.34. The van der Waals surface area contributed by atoms with Crippen molar-refractivity contribution in [2.75, 3.05) is 25.1 Å². The van der Waals surface area contributed by atoms with Gasteiger partial charge in [0.25, 0.3) is 0 Å². The van der Waals surface area contributed by atoms with E-state index in [1.54, 1.807) is 0 Å². The van der Waals surface area contributed by atoms with Gasteiger partial charge in [0.1, 0.15) is 13.2 Å². The van der Waals surface area contributed by atoms with E-state index in [4.69, 9.17) is 9.47 Å². The maximum absolute atomic E-state index is 12.0. The number of hydrogen-bond acceptors (Lipinski definition) is 4. The number of carbonyl (C=O) groups is 1. The molecule has 2 N–H and O–H groups in total. The van der Waals surface area contributed by atoms with Crippen molar-refractivity contribution in [3.05, 3.63) is 18.2 Å². The molecule has 114 valence electrons. The third-order valence-electron chi connectivity index (χ3n) is 4.07. The first-order valence-electron chi connectivity index (χ1n) is 7.63.